The molecule has 3 rings (SSSR count). The van der Waals surface area contributed by atoms with E-state index in [4.69, 9.17) is 4.42 Å². The third kappa shape index (κ3) is 2.03. The molecule has 5 nitrogen and oxygen atoms in total. The number of hydrogen-bond donors (Lipinski definition) is 1. The molecular weight excluding hydrogens is 246 g/mol. The van der Waals surface area contributed by atoms with Crippen LogP contribution in [0.4, 0.5) is 0 Å². The Hall–Kier alpha value is -1.78. The standard InChI is InChI=1S/C14H17NO4/c16-13(10-5-6-19-8-10)15-11-4-2-1-3-9(11)7-12(15)14(17)18/h5-6,8-9,11-12H,1-4,7H2,(H,17,18). The number of fused-ring (bicyclic) bond motifs is 1. The zero-order chi connectivity index (χ0) is 13.4. The Labute approximate surface area is 111 Å². The molecule has 19 heavy (non-hydrogen) atoms. The molecule has 102 valence electrons. The van der Waals surface area contributed by atoms with E-state index >= 15 is 0 Å². The Kier molecular flexibility index (Phi) is 3.05. The lowest BCUT2D eigenvalue weighted by Crippen LogP contribution is -2.46. The largest absolute Gasteiger partial charge is 0.480 e. The molecule has 2 fully saturated rings. The van der Waals surface area contributed by atoms with E-state index in [1.54, 1.807) is 11.0 Å². The summed E-state index contributed by atoms with van der Waals surface area (Å²) in [6.45, 7) is 0. The van der Waals surface area contributed by atoms with E-state index in [9.17, 15) is 14.7 Å². The molecule has 0 bridgehead atoms. The van der Waals surface area contributed by atoms with Gasteiger partial charge >= 0.3 is 5.97 Å². The second-order valence-electron chi connectivity index (χ2n) is 5.43. The van der Waals surface area contributed by atoms with Crippen LogP contribution in [0.5, 0.6) is 0 Å². The van der Waals surface area contributed by atoms with Gasteiger partial charge in [0.15, 0.2) is 0 Å². The smallest absolute Gasteiger partial charge is 0.326 e. The molecule has 0 radical (unpaired) electrons. The number of hydrogen-bond acceptors (Lipinski definition) is 3. The van der Waals surface area contributed by atoms with Gasteiger partial charge in [-0.1, -0.05) is 12.8 Å². The van der Waals surface area contributed by atoms with Gasteiger partial charge in [0.2, 0.25) is 0 Å². The van der Waals surface area contributed by atoms with Crippen molar-refractivity contribution >= 4 is 11.9 Å². The number of carboxylic acid groups (broad SMARTS) is 1. The molecule has 1 amide bonds. The number of furan rings is 1. The summed E-state index contributed by atoms with van der Waals surface area (Å²) >= 11 is 0. The Morgan fingerprint density at radius 1 is 1.32 bits per heavy atom. The summed E-state index contributed by atoms with van der Waals surface area (Å²) in [6, 6.07) is 0.991. The highest BCUT2D eigenvalue weighted by Gasteiger charge is 2.47. The maximum atomic E-state index is 12.5. The molecule has 0 aromatic carbocycles. The van der Waals surface area contributed by atoms with E-state index in [2.05, 4.69) is 0 Å². The zero-order valence-corrected chi connectivity index (χ0v) is 10.6. The SMILES string of the molecule is O=C(O)C1CC2CCCCC2N1C(=O)c1ccoc1. The van der Waals surface area contributed by atoms with Crippen molar-refractivity contribution < 1.29 is 19.1 Å². The maximum absolute atomic E-state index is 12.5. The van der Waals surface area contributed by atoms with Crippen molar-refractivity contribution in [2.45, 2.75) is 44.2 Å². The molecule has 1 aliphatic carbocycles. The van der Waals surface area contributed by atoms with Crippen LogP contribution < -0.4 is 0 Å². The average molecular weight is 263 g/mol. The Balaban J connectivity index is 1.90. The van der Waals surface area contributed by atoms with Gasteiger partial charge in [-0.15, -0.1) is 0 Å². The Morgan fingerprint density at radius 2 is 2.11 bits per heavy atom. The van der Waals surface area contributed by atoms with Crippen LogP contribution in [0.3, 0.4) is 0 Å². The van der Waals surface area contributed by atoms with Gasteiger partial charge < -0.3 is 14.4 Å². The van der Waals surface area contributed by atoms with Gasteiger partial charge in [0.05, 0.1) is 11.8 Å². The van der Waals surface area contributed by atoms with Crippen LogP contribution in [-0.4, -0.2) is 34.0 Å². The van der Waals surface area contributed by atoms with Crippen molar-refractivity contribution in [2.75, 3.05) is 0 Å². The van der Waals surface area contributed by atoms with E-state index in [0.717, 1.165) is 25.7 Å². The summed E-state index contributed by atoms with van der Waals surface area (Å²) < 4.78 is 4.93. The predicted octanol–water partition coefficient (Wildman–Crippen LogP) is 2.14. The van der Waals surface area contributed by atoms with Crippen LogP contribution in [-0.2, 0) is 4.79 Å². The van der Waals surface area contributed by atoms with E-state index < -0.39 is 12.0 Å². The lowest BCUT2D eigenvalue weighted by atomic mass is 9.84. The van der Waals surface area contributed by atoms with Crippen molar-refractivity contribution in [1.29, 1.82) is 0 Å². The van der Waals surface area contributed by atoms with Gasteiger partial charge in [-0.05, 0) is 31.2 Å². The van der Waals surface area contributed by atoms with Crippen LogP contribution >= 0.6 is 0 Å². The van der Waals surface area contributed by atoms with Crippen LogP contribution in [0.2, 0.25) is 0 Å². The molecule has 1 aromatic rings. The van der Waals surface area contributed by atoms with Crippen molar-refractivity contribution in [3.63, 3.8) is 0 Å². The number of aliphatic carboxylic acids is 1. The quantitative estimate of drug-likeness (QED) is 0.887. The number of nitrogens with zero attached hydrogens (tertiary/aromatic N) is 1. The van der Waals surface area contributed by atoms with Gasteiger partial charge in [-0.2, -0.15) is 0 Å². The zero-order valence-electron chi connectivity index (χ0n) is 10.6. The first-order valence-corrected chi connectivity index (χ1v) is 6.76. The minimum absolute atomic E-state index is 0.0808. The highest BCUT2D eigenvalue weighted by molar-refractivity contribution is 5.97. The Morgan fingerprint density at radius 3 is 2.79 bits per heavy atom. The van der Waals surface area contributed by atoms with Gasteiger partial charge in [-0.3, -0.25) is 4.79 Å². The van der Waals surface area contributed by atoms with Crippen LogP contribution in [0.25, 0.3) is 0 Å². The molecule has 2 aliphatic rings. The fraction of sp³-hybridized carbons (Fsp3) is 0.571. The minimum Gasteiger partial charge on any atom is -0.480 e. The fourth-order valence-electron chi connectivity index (χ4n) is 3.51. The van der Waals surface area contributed by atoms with Crippen molar-refractivity contribution in [3.05, 3.63) is 24.2 Å². The molecule has 1 saturated heterocycles. The molecule has 2 heterocycles. The number of likely N-dealkylation sites (tertiary alicyclic amines) is 1. The van der Waals surface area contributed by atoms with Crippen LogP contribution in [0.15, 0.2) is 23.0 Å². The van der Waals surface area contributed by atoms with Gasteiger partial charge in [0.1, 0.15) is 12.3 Å². The number of carbonyl (C=O) groups is 2. The number of carbonyl (C=O) groups excluding carboxylic acids is 1. The van der Waals surface area contributed by atoms with Crippen molar-refractivity contribution in [1.82, 2.24) is 4.90 Å². The molecule has 1 aliphatic heterocycles. The molecule has 1 saturated carbocycles. The summed E-state index contributed by atoms with van der Waals surface area (Å²) in [4.78, 5) is 25.5. The molecule has 5 heteroatoms. The number of carboxylic acids is 1. The lowest BCUT2D eigenvalue weighted by molar-refractivity contribution is -0.141. The van der Waals surface area contributed by atoms with E-state index in [-0.39, 0.29) is 11.9 Å². The third-order valence-electron chi connectivity index (χ3n) is 4.38. The topological polar surface area (TPSA) is 70.8 Å². The molecular formula is C14H17NO4. The van der Waals surface area contributed by atoms with Gasteiger partial charge in [0.25, 0.3) is 5.91 Å². The normalized spacial score (nSPS) is 30.1. The first-order valence-electron chi connectivity index (χ1n) is 6.76. The van der Waals surface area contributed by atoms with Crippen LogP contribution in [0, 0.1) is 5.92 Å². The van der Waals surface area contributed by atoms with Crippen LogP contribution in [0.1, 0.15) is 42.5 Å². The molecule has 1 N–H and O–H groups in total. The highest BCUT2D eigenvalue weighted by atomic mass is 16.4. The second-order valence-corrected chi connectivity index (χ2v) is 5.43. The van der Waals surface area contributed by atoms with Crippen molar-refractivity contribution in [2.24, 2.45) is 5.92 Å². The number of amides is 1. The second kappa shape index (κ2) is 4.72. The maximum Gasteiger partial charge on any atom is 0.326 e. The van der Waals surface area contributed by atoms with Gasteiger partial charge in [0, 0.05) is 6.04 Å². The summed E-state index contributed by atoms with van der Waals surface area (Å²) in [5.41, 5.74) is 0.442. The summed E-state index contributed by atoms with van der Waals surface area (Å²) in [5.74, 6) is -0.771. The monoisotopic (exact) mass is 263 g/mol. The molecule has 0 spiro atoms. The van der Waals surface area contributed by atoms with Crippen molar-refractivity contribution in [3.8, 4) is 0 Å². The minimum atomic E-state index is -0.897. The van der Waals surface area contributed by atoms with E-state index in [0.29, 0.717) is 17.9 Å². The van der Waals surface area contributed by atoms with E-state index in [1.165, 1.54) is 12.5 Å². The molecule has 3 atom stereocenters. The number of rotatable bonds is 2. The fourth-order valence-corrected chi connectivity index (χ4v) is 3.51. The first kappa shape index (κ1) is 12.3. The summed E-state index contributed by atoms with van der Waals surface area (Å²) in [7, 11) is 0. The first-order chi connectivity index (χ1) is 9.18. The highest BCUT2D eigenvalue weighted by Crippen LogP contribution is 2.40. The third-order valence-corrected chi connectivity index (χ3v) is 4.38. The summed E-state index contributed by atoms with van der Waals surface area (Å²) in [5, 5.41) is 9.36. The lowest BCUT2D eigenvalue weighted by Gasteiger charge is -2.32. The molecule has 1 aromatic heterocycles. The average Bonchev–Trinajstić information content (AvgIpc) is 3.05. The van der Waals surface area contributed by atoms with E-state index in [1.807, 2.05) is 0 Å². The van der Waals surface area contributed by atoms with Gasteiger partial charge in [-0.25, -0.2) is 4.79 Å². The summed E-state index contributed by atoms with van der Waals surface area (Å²) in [6.07, 6.45) is 7.57. The Bertz CT molecular complexity index is 482. The molecule has 3 unspecified atom stereocenters. The predicted molar refractivity (Wildman–Crippen MR) is 66.7 cm³/mol.